The molecule has 1 aliphatic heterocycles. The number of carbonyl (C=O) groups is 1. The lowest BCUT2D eigenvalue weighted by Crippen LogP contribution is -2.43. The lowest BCUT2D eigenvalue weighted by atomic mass is 10.2. The first kappa shape index (κ1) is 21.4. The van der Waals surface area contributed by atoms with E-state index in [9.17, 15) is 26.4 Å². The number of hydrogen-bond acceptors (Lipinski definition) is 3. The van der Waals surface area contributed by atoms with Crippen molar-refractivity contribution < 1.29 is 26.4 Å². The highest BCUT2D eigenvalue weighted by molar-refractivity contribution is 7.89. The van der Waals surface area contributed by atoms with E-state index < -0.39 is 33.2 Å². The van der Waals surface area contributed by atoms with Gasteiger partial charge in [-0.25, -0.2) is 8.42 Å². The van der Waals surface area contributed by atoms with Crippen LogP contribution in [0, 0.1) is 0 Å². The number of sulfonamides is 1. The molecule has 5 nitrogen and oxygen atoms in total. The van der Waals surface area contributed by atoms with Crippen molar-refractivity contribution in [3.63, 3.8) is 0 Å². The summed E-state index contributed by atoms with van der Waals surface area (Å²) < 4.78 is 65.3. The third kappa shape index (κ3) is 5.55. The molecule has 1 aromatic rings. The normalized spacial score (nSPS) is 16.2. The molecule has 0 bridgehead atoms. The Morgan fingerprint density at radius 1 is 1.19 bits per heavy atom. The summed E-state index contributed by atoms with van der Waals surface area (Å²) in [5.74, 6) is -0.352. The Hall–Kier alpha value is -1.87. The monoisotopic (exact) mass is 404 g/mol. The zero-order chi connectivity index (χ0) is 20.1. The van der Waals surface area contributed by atoms with Crippen molar-refractivity contribution in [3.8, 4) is 0 Å². The largest absolute Gasteiger partial charge is 0.416 e. The van der Waals surface area contributed by atoms with E-state index >= 15 is 0 Å². The molecule has 1 aliphatic rings. The maximum absolute atomic E-state index is 12.9. The smallest absolute Gasteiger partial charge is 0.342 e. The molecule has 0 spiro atoms. The fourth-order valence-electron chi connectivity index (χ4n) is 2.94. The first-order chi connectivity index (χ1) is 12.7. The number of hydrogen-bond donors (Lipinski definition) is 0. The molecule has 1 fully saturated rings. The van der Waals surface area contributed by atoms with Gasteiger partial charge in [0.2, 0.25) is 15.9 Å². The minimum absolute atomic E-state index is 0.168. The van der Waals surface area contributed by atoms with E-state index in [1.54, 1.807) is 4.90 Å². The second-order valence-corrected chi connectivity index (χ2v) is 8.34. The fourth-order valence-corrected chi connectivity index (χ4v) is 4.35. The molecule has 0 aliphatic carbocycles. The molecule has 9 heteroatoms. The predicted octanol–water partition coefficient (Wildman–Crippen LogP) is 3.28. The molecule has 1 heterocycles. The molecule has 0 N–H and O–H groups in total. The Labute approximate surface area is 157 Å². The van der Waals surface area contributed by atoms with Gasteiger partial charge >= 0.3 is 6.18 Å². The lowest BCUT2D eigenvalue weighted by molar-refractivity contribution is -0.137. The lowest BCUT2D eigenvalue weighted by Gasteiger charge is -2.25. The Bertz CT molecular complexity index is 770. The van der Waals surface area contributed by atoms with Crippen molar-refractivity contribution >= 4 is 15.9 Å². The zero-order valence-electron chi connectivity index (χ0n) is 14.9. The molecule has 0 atom stereocenters. The number of alkyl halides is 3. The van der Waals surface area contributed by atoms with Crippen LogP contribution in [-0.4, -0.2) is 49.7 Å². The fraction of sp³-hybridized carbons (Fsp3) is 0.500. The summed E-state index contributed by atoms with van der Waals surface area (Å²) in [4.78, 5) is 13.7. The number of carbonyl (C=O) groups excluding carboxylic acids is 1. The number of halogens is 3. The molecule has 0 radical (unpaired) electrons. The van der Waals surface area contributed by atoms with Crippen molar-refractivity contribution in [3.05, 3.63) is 42.5 Å². The summed E-state index contributed by atoms with van der Waals surface area (Å²) in [7, 11) is -4.27. The van der Waals surface area contributed by atoms with E-state index in [1.165, 1.54) is 6.08 Å². The molecule has 0 aromatic heterocycles. The van der Waals surface area contributed by atoms with Gasteiger partial charge in [-0.05, 0) is 31.0 Å². The summed E-state index contributed by atoms with van der Waals surface area (Å²) in [5.41, 5.74) is -1.05. The Kier molecular flexibility index (Phi) is 7.05. The molecular weight excluding hydrogens is 381 g/mol. The van der Waals surface area contributed by atoms with Gasteiger partial charge in [0.15, 0.2) is 0 Å². The number of benzene rings is 1. The first-order valence-corrected chi connectivity index (χ1v) is 10.2. The van der Waals surface area contributed by atoms with Crippen LogP contribution in [0.25, 0.3) is 0 Å². The van der Waals surface area contributed by atoms with Gasteiger partial charge in [0.25, 0.3) is 0 Å². The van der Waals surface area contributed by atoms with Crippen molar-refractivity contribution in [1.82, 2.24) is 9.21 Å². The van der Waals surface area contributed by atoms with E-state index in [1.807, 2.05) is 0 Å². The maximum atomic E-state index is 12.9. The predicted molar refractivity (Wildman–Crippen MR) is 95.4 cm³/mol. The Morgan fingerprint density at radius 3 is 2.37 bits per heavy atom. The molecule has 1 saturated heterocycles. The number of likely N-dealkylation sites (tertiary alicyclic amines) is 1. The van der Waals surface area contributed by atoms with E-state index in [0.717, 1.165) is 48.2 Å². The average molecular weight is 404 g/mol. The minimum atomic E-state index is -4.66. The van der Waals surface area contributed by atoms with Crippen molar-refractivity contribution in [2.75, 3.05) is 26.2 Å². The van der Waals surface area contributed by atoms with E-state index in [-0.39, 0.29) is 12.5 Å². The summed E-state index contributed by atoms with van der Waals surface area (Å²) in [6.45, 7) is 4.01. The number of nitrogens with zero attached hydrogens (tertiary/aromatic N) is 2. The van der Waals surface area contributed by atoms with Gasteiger partial charge in [-0.3, -0.25) is 4.79 Å². The van der Waals surface area contributed by atoms with Gasteiger partial charge < -0.3 is 4.90 Å². The molecular formula is C18H23F3N2O3S. The van der Waals surface area contributed by atoms with Gasteiger partial charge in [-0.2, -0.15) is 17.5 Å². The highest BCUT2D eigenvalue weighted by Crippen LogP contribution is 2.31. The van der Waals surface area contributed by atoms with Crippen LogP contribution < -0.4 is 0 Å². The summed E-state index contributed by atoms with van der Waals surface area (Å²) in [6, 6.07) is 3.52. The van der Waals surface area contributed by atoms with Gasteiger partial charge in [-0.15, -0.1) is 6.58 Å². The van der Waals surface area contributed by atoms with Crippen LogP contribution in [0.3, 0.4) is 0 Å². The molecule has 150 valence electrons. The van der Waals surface area contributed by atoms with E-state index in [2.05, 4.69) is 6.58 Å². The summed E-state index contributed by atoms with van der Waals surface area (Å²) >= 11 is 0. The Morgan fingerprint density at radius 2 is 1.81 bits per heavy atom. The number of amides is 1. The highest BCUT2D eigenvalue weighted by Gasteiger charge is 2.33. The van der Waals surface area contributed by atoms with Gasteiger partial charge in [-0.1, -0.05) is 25.0 Å². The second-order valence-electron chi connectivity index (χ2n) is 6.41. The maximum Gasteiger partial charge on any atom is 0.416 e. The zero-order valence-corrected chi connectivity index (χ0v) is 15.7. The summed E-state index contributed by atoms with van der Waals surface area (Å²) in [5, 5.41) is 0. The second kappa shape index (κ2) is 8.88. The van der Waals surface area contributed by atoms with Gasteiger partial charge in [0.1, 0.15) is 0 Å². The van der Waals surface area contributed by atoms with Crippen LogP contribution in [-0.2, 0) is 21.0 Å². The van der Waals surface area contributed by atoms with Crippen LogP contribution in [0.5, 0.6) is 0 Å². The molecule has 2 rings (SSSR count). The quantitative estimate of drug-likeness (QED) is 0.684. The minimum Gasteiger partial charge on any atom is -0.342 e. The van der Waals surface area contributed by atoms with Gasteiger partial charge in [0, 0.05) is 19.6 Å². The van der Waals surface area contributed by atoms with Crippen LogP contribution >= 0.6 is 0 Å². The Balaban J connectivity index is 2.26. The van der Waals surface area contributed by atoms with Crippen LogP contribution in [0.15, 0.2) is 41.8 Å². The molecule has 27 heavy (non-hydrogen) atoms. The van der Waals surface area contributed by atoms with Crippen molar-refractivity contribution in [1.29, 1.82) is 0 Å². The third-order valence-electron chi connectivity index (χ3n) is 4.40. The van der Waals surface area contributed by atoms with E-state index in [0.29, 0.717) is 19.2 Å². The summed E-state index contributed by atoms with van der Waals surface area (Å²) in [6.07, 6.45) is 0.393. The van der Waals surface area contributed by atoms with Gasteiger partial charge in [0.05, 0.1) is 17.0 Å². The topological polar surface area (TPSA) is 57.7 Å². The standard InChI is InChI=1S/C18H23F3N2O3S/c1-2-10-23(14-17(24)22-11-5-3-4-6-12-22)27(25,26)16-9-7-8-15(13-16)18(19,20)21/h2,7-9,13H,1,3-6,10-12,14H2. The van der Waals surface area contributed by atoms with Crippen LogP contribution in [0.2, 0.25) is 0 Å². The van der Waals surface area contributed by atoms with E-state index in [4.69, 9.17) is 0 Å². The van der Waals surface area contributed by atoms with Crippen molar-refractivity contribution in [2.45, 2.75) is 36.8 Å². The number of rotatable bonds is 6. The molecule has 1 amide bonds. The molecule has 0 unspecified atom stereocenters. The first-order valence-electron chi connectivity index (χ1n) is 8.72. The van der Waals surface area contributed by atoms with Crippen molar-refractivity contribution in [2.24, 2.45) is 0 Å². The molecule has 0 saturated carbocycles. The molecule has 1 aromatic carbocycles. The average Bonchev–Trinajstić information content (AvgIpc) is 2.90. The highest BCUT2D eigenvalue weighted by atomic mass is 32.2. The third-order valence-corrected chi connectivity index (χ3v) is 6.21. The van der Waals surface area contributed by atoms with Crippen LogP contribution in [0.1, 0.15) is 31.2 Å². The SMILES string of the molecule is C=CCN(CC(=O)N1CCCCCC1)S(=O)(=O)c1cccc(C(F)(F)F)c1. The van der Waals surface area contributed by atoms with Crippen LogP contribution in [0.4, 0.5) is 13.2 Å².